The summed E-state index contributed by atoms with van der Waals surface area (Å²) >= 11 is 9.66. The number of carbonyl (C=O) groups excluding carboxylic acids is 1. The summed E-state index contributed by atoms with van der Waals surface area (Å²) in [6, 6.07) is 8.53. The second-order valence-electron chi connectivity index (χ2n) is 7.46. The van der Waals surface area contributed by atoms with E-state index in [9.17, 15) is 9.59 Å². The van der Waals surface area contributed by atoms with Gasteiger partial charge in [-0.25, -0.2) is 9.78 Å². The lowest BCUT2D eigenvalue weighted by Crippen LogP contribution is -2.25. The van der Waals surface area contributed by atoms with Crippen molar-refractivity contribution in [1.29, 1.82) is 0 Å². The molecule has 1 aromatic heterocycles. The van der Waals surface area contributed by atoms with Crippen LogP contribution >= 0.6 is 27.5 Å². The van der Waals surface area contributed by atoms with E-state index in [-0.39, 0.29) is 11.3 Å². The average molecular weight is 551 g/mol. The second-order valence-corrected chi connectivity index (χ2v) is 8.82. The molecule has 0 bridgehead atoms. The van der Waals surface area contributed by atoms with Gasteiger partial charge in [-0.2, -0.15) is 9.78 Å². The fourth-order valence-corrected chi connectivity index (χ4v) is 3.86. The zero-order valence-electron chi connectivity index (χ0n) is 19.3. The standard InChI is InChI=1S/C24H25BrClN3O5/c1-5-6-7-21-28-19-9-8-16(25)11-18(19)23(30)29(21)27-13-15-10-17(26)12-20(32-3)22(15)34-14(2)24(31)33-4/h8-14H,5-7H2,1-4H3/t14-/m1/s1. The number of ether oxygens (including phenoxy) is 3. The van der Waals surface area contributed by atoms with Crippen LogP contribution in [-0.4, -0.2) is 42.2 Å². The van der Waals surface area contributed by atoms with Gasteiger partial charge in [0.2, 0.25) is 0 Å². The fraction of sp³-hybridized carbons (Fsp3) is 0.333. The summed E-state index contributed by atoms with van der Waals surface area (Å²) < 4.78 is 18.0. The van der Waals surface area contributed by atoms with Gasteiger partial charge in [0.15, 0.2) is 17.6 Å². The fourth-order valence-electron chi connectivity index (χ4n) is 3.28. The highest BCUT2D eigenvalue weighted by atomic mass is 79.9. The van der Waals surface area contributed by atoms with Crippen LogP contribution in [0.4, 0.5) is 0 Å². The van der Waals surface area contributed by atoms with E-state index in [0.717, 1.165) is 17.3 Å². The smallest absolute Gasteiger partial charge is 0.346 e. The summed E-state index contributed by atoms with van der Waals surface area (Å²) in [5, 5.41) is 5.26. The predicted octanol–water partition coefficient (Wildman–Crippen LogP) is 4.99. The van der Waals surface area contributed by atoms with Crippen molar-refractivity contribution < 1.29 is 19.0 Å². The number of hydrogen-bond donors (Lipinski definition) is 0. The molecule has 0 unspecified atom stereocenters. The van der Waals surface area contributed by atoms with E-state index >= 15 is 0 Å². The maximum Gasteiger partial charge on any atom is 0.346 e. The summed E-state index contributed by atoms with van der Waals surface area (Å²) in [6.07, 6.45) is 2.90. The molecule has 0 saturated heterocycles. The molecule has 0 amide bonds. The van der Waals surface area contributed by atoms with Gasteiger partial charge in [0.1, 0.15) is 5.82 Å². The number of halogens is 2. The van der Waals surface area contributed by atoms with Crippen molar-refractivity contribution in [2.24, 2.45) is 5.10 Å². The van der Waals surface area contributed by atoms with Crippen LogP contribution in [0.2, 0.25) is 5.02 Å². The molecule has 2 aromatic carbocycles. The summed E-state index contributed by atoms with van der Waals surface area (Å²) in [5.74, 6) is 0.539. The Labute approximate surface area is 210 Å². The highest BCUT2D eigenvalue weighted by Gasteiger charge is 2.20. The lowest BCUT2D eigenvalue weighted by Gasteiger charge is -2.17. The van der Waals surface area contributed by atoms with Gasteiger partial charge in [0.25, 0.3) is 5.56 Å². The summed E-state index contributed by atoms with van der Waals surface area (Å²) in [6.45, 7) is 3.62. The Balaban J connectivity index is 2.15. The van der Waals surface area contributed by atoms with Crippen molar-refractivity contribution in [2.45, 2.75) is 39.2 Å². The topological polar surface area (TPSA) is 92.0 Å². The normalized spacial score (nSPS) is 12.2. The first-order valence-electron chi connectivity index (χ1n) is 10.7. The lowest BCUT2D eigenvalue weighted by atomic mass is 10.2. The van der Waals surface area contributed by atoms with Gasteiger partial charge in [0.05, 0.1) is 31.3 Å². The van der Waals surface area contributed by atoms with Crippen LogP contribution in [0.15, 0.2) is 44.7 Å². The number of aryl methyl sites for hydroxylation is 1. The maximum atomic E-state index is 13.3. The van der Waals surface area contributed by atoms with Crippen molar-refractivity contribution in [1.82, 2.24) is 9.66 Å². The molecule has 34 heavy (non-hydrogen) atoms. The van der Waals surface area contributed by atoms with Crippen LogP contribution in [0.1, 0.15) is 38.1 Å². The third-order valence-corrected chi connectivity index (χ3v) is 5.75. The number of rotatable bonds is 9. The Kier molecular flexibility index (Phi) is 8.68. The predicted molar refractivity (Wildman–Crippen MR) is 135 cm³/mol. The highest BCUT2D eigenvalue weighted by Crippen LogP contribution is 2.34. The summed E-state index contributed by atoms with van der Waals surface area (Å²) in [5.41, 5.74) is 0.724. The second kappa shape index (κ2) is 11.5. The molecule has 0 saturated carbocycles. The first-order chi connectivity index (χ1) is 16.3. The van der Waals surface area contributed by atoms with Gasteiger partial charge in [0, 0.05) is 27.5 Å². The van der Waals surface area contributed by atoms with Gasteiger partial charge >= 0.3 is 5.97 Å². The van der Waals surface area contributed by atoms with Crippen molar-refractivity contribution >= 4 is 50.6 Å². The number of benzene rings is 2. The number of hydrogen-bond acceptors (Lipinski definition) is 7. The molecule has 180 valence electrons. The monoisotopic (exact) mass is 549 g/mol. The SMILES string of the molecule is CCCCc1nc2ccc(Br)cc2c(=O)n1N=Cc1cc(Cl)cc(OC)c1O[C@H](C)C(=O)OC. The molecule has 0 aliphatic rings. The van der Waals surface area contributed by atoms with Crippen molar-refractivity contribution in [3.63, 3.8) is 0 Å². The molecule has 0 aliphatic carbocycles. The molecule has 0 fully saturated rings. The Morgan fingerprint density at radius 1 is 1.29 bits per heavy atom. The number of fused-ring (bicyclic) bond motifs is 1. The van der Waals surface area contributed by atoms with Gasteiger partial charge in [-0.1, -0.05) is 40.9 Å². The van der Waals surface area contributed by atoms with Gasteiger partial charge in [-0.3, -0.25) is 4.79 Å². The first-order valence-corrected chi connectivity index (χ1v) is 11.8. The molecule has 0 N–H and O–H groups in total. The van der Waals surface area contributed by atoms with E-state index in [1.54, 1.807) is 31.2 Å². The molecule has 0 aliphatic heterocycles. The number of carbonyl (C=O) groups is 1. The van der Waals surface area contributed by atoms with E-state index < -0.39 is 12.1 Å². The minimum atomic E-state index is -0.908. The van der Waals surface area contributed by atoms with Crippen LogP contribution in [0.3, 0.4) is 0 Å². The largest absolute Gasteiger partial charge is 0.493 e. The Bertz CT molecular complexity index is 1290. The van der Waals surface area contributed by atoms with Crippen molar-refractivity contribution in [3.05, 3.63) is 61.6 Å². The lowest BCUT2D eigenvalue weighted by molar-refractivity contribution is -0.147. The number of aromatic nitrogens is 2. The maximum absolute atomic E-state index is 13.3. The molecule has 3 rings (SSSR count). The number of methoxy groups -OCH3 is 2. The Hall–Kier alpha value is -2.91. The average Bonchev–Trinajstić information content (AvgIpc) is 2.83. The van der Waals surface area contributed by atoms with Crippen LogP contribution in [0.5, 0.6) is 11.5 Å². The van der Waals surface area contributed by atoms with Crippen LogP contribution in [0.25, 0.3) is 10.9 Å². The van der Waals surface area contributed by atoms with Crippen LogP contribution in [0, 0.1) is 0 Å². The third kappa shape index (κ3) is 5.77. The van der Waals surface area contributed by atoms with E-state index in [2.05, 4.69) is 32.9 Å². The van der Waals surface area contributed by atoms with E-state index in [4.69, 9.17) is 25.8 Å². The van der Waals surface area contributed by atoms with Crippen LogP contribution in [-0.2, 0) is 16.0 Å². The first kappa shape index (κ1) is 25.7. The summed E-state index contributed by atoms with van der Waals surface area (Å²) in [4.78, 5) is 29.9. The molecule has 1 heterocycles. The molecule has 1 atom stereocenters. The zero-order chi connectivity index (χ0) is 24.8. The Morgan fingerprint density at radius 3 is 2.74 bits per heavy atom. The van der Waals surface area contributed by atoms with Gasteiger partial charge in [-0.05, 0) is 37.6 Å². The molecule has 10 heteroatoms. The number of esters is 1. The Morgan fingerprint density at radius 2 is 2.06 bits per heavy atom. The third-order valence-electron chi connectivity index (χ3n) is 5.04. The molecule has 8 nitrogen and oxygen atoms in total. The zero-order valence-corrected chi connectivity index (χ0v) is 21.6. The van der Waals surface area contributed by atoms with E-state index in [1.807, 2.05) is 6.07 Å². The highest BCUT2D eigenvalue weighted by molar-refractivity contribution is 9.10. The van der Waals surface area contributed by atoms with Gasteiger partial charge in [-0.15, -0.1) is 0 Å². The van der Waals surface area contributed by atoms with Crippen LogP contribution < -0.4 is 15.0 Å². The molecular formula is C24H25BrClN3O5. The van der Waals surface area contributed by atoms with E-state index in [1.165, 1.54) is 25.1 Å². The number of unbranched alkanes of at least 4 members (excludes halogenated alkanes) is 1. The van der Waals surface area contributed by atoms with Crippen molar-refractivity contribution in [3.8, 4) is 11.5 Å². The molecule has 0 radical (unpaired) electrons. The number of nitrogens with zero attached hydrogens (tertiary/aromatic N) is 3. The van der Waals surface area contributed by atoms with E-state index in [0.29, 0.717) is 39.5 Å². The minimum Gasteiger partial charge on any atom is -0.493 e. The van der Waals surface area contributed by atoms with Crippen molar-refractivity contribution in [2.75, 3.05) is 14.2 Å². The quantitative estimate of drug-likeness (QED) is 0.275. The molecule has 3 aromatic rings. The minimum absolute atomic E-state index is 0.244. The molecule has 0 spiro atoms. The molecular weight excluding hydrogens is 526 g/mol. The van der Waals surface area contributed by atoms with Gasteiger partial charge < -0.3 is 14.2 Å². The summed E-state index contributed by atoms with van der Waals surface area (Å²) in [7, 11) is 2.74.